The van der Waals surface area contributed by atoms with Crippen molar-refractivity contribution in [2.24, 2.45) is 0 Å². The Bertz CT molecular complexity index is 902. The van der Waals surface area contributed by atoms with Crippen LogP contribution in [0.5, 0.6) is 0 Å². The van der Waals surface area contributed by atoms with Crippen LogP contribution in [0.4, 0.5) is 10.1 Å². The molecule has 5 heteroatoms. The van der Waals surface area contributed by atoms with Crippen LogP contribution < -0.4 is 4.90 Å². The van der Waals surface area contributed by atoms with Gasteiger partial charge in [0.25, 0.3) is 5.91 Å². The highest BCUT2D eigenvalue weighted by Crippen LogP contribution is 2.32. The molecular formula is C18H16FN3O. The molecule has 3 aromatic rings. The number of nitrogens with zero attached hydrogens (tertiary/aromatic N) is 2. The second kappa shape index (κ2) is 5.19. The van der Waals surface area contributed by atoms with Crippen molar-refractivity contribution in [3.63, 3.8) is 0 Å². The topological polar surface area (TPSA) is 49.0 Å². The molecule has 0 saturated heterocycles. The van der Waals surface area contributed by atoms with Gasteiger partial charge in [-0.15, -0.1) is 0 Å². The minimum absolute atomic E-state index is 0.0680. The first-order valence-electron chi connectivity index (χ1n) is 7.68. The highest BCUT2D eigenvalue weighted by molar-refractivity contribution is 6.08. The van der Waals surface area contributed by atoms with Crippen molar-refractivity contribution in [3.05, 3.63) is 59.7 Å². The number of aromatic amines is 1. The van der Waals surface area contributed by atoms with E-state index in [4.69, 9.17) is 0 Å². The maximum atomic E-state index is 13.5. The summed E-state index contributed by atoms with van der Waals surface area (Å²) in [5.41, 5.74) is 3.96. The molecule has 1 aliphatic heterocycles. The molecule has 0 saturated carbocycles. The molecule has 0 bridgehead atoms. The number of H-pyrrole nitrogens is 1. The summed E-state index contributed by atoms with van der Waals surface area (Å²) in [6, 6.07) is 10.2. The third-order valence-electron chi connectivity index (χ3n) is 4.46. The molecule has 0 fully saturated rings. The smallest absolute Gasteiger partial charge is 0.258 e. The molecule has 1 amide bonds. The van der Waals surface area contributed by atoms with E-state index in [1.54, 1.807) is 23.4 Å². The average molecular weight is 309 g/mol. The summed E-state index contributed by atoms with van der Waals surface area (Å²) in [7, 11) is 0. The first-order chi connectivity index (χ1) is 11.1. The van der Waals surface area contributed by atoms with Gasteiger partial charge in [-0.1, -0.05) is 0 Å². The Morgan fingerprint density at radius 1 is 1.30 bits per heavy atom. The zero-order chi connectivity index (χ0) is 16.0. The second-order valence-electron chi connectivity index (χ2n) is 5.97. The van der Waals surface area contributed by atoms with Crippen LogP contribution in [0.25, 0.3) is 11.0 Å². The second-order valence-corrected chi connectivity index (χ2v) is 5.97. The predicted octanol–water partition coefficient (Wildman–Crippen LogP) is 3.68. The van der Waals surface area contributed by atoms with Crippen molar-refractivity contribution >= 4 is 22.6 Å². The molecule has 0 spiro atoms. The number of carbonyl (C=O) groups is 1. The summed E-state index contributed by atoms with van der Waals surface area (Å²) in [6.07, 6.45) is 3.23. The first kappa shape index (κ1) is 13.9. The summed E-state index contributed by atoms with van der Waals surface area (Å²) >= 11 is 0. The highest BCUT2D eigenvalue weighted by atomic mass is 19.1. The molecule has 4 nitrogen and oxygen atoms in total. The van der Waals surface area contributed by atoms with Crippen molar-refractivity contribution in [2.75, 3.05) is 4.90 Å². The maximum absolute atomic E-state index is 13.5. The summed E-state index contributed by atoms with van der Waals surface area (Å²) in [4.78, 5) is 22.0. The summed E-state index contributed by atoms with van der Waals surface area (Å²) in [6.45, 7) is 2.03. The van der Waals surface area contributed by atoms with Gasteiger partial charge in [0.1, 0.15) is 5.82 Å². The van der Waals surface area contributed by atoms with Crippen LogP contribution in [0.1, 0.15) is 29.3 Å². The number of aromatic nitrogens is 2. The van der Waals surface area contributed by atoms with Crippen LogP contribution in [-0.4, -0.2) is 21.9 Å². The van der Waals surface area contributed by atoms with Crippen molar-refractivity contribution in [2.45, 2.75) is 25.8 Å². The number of fused-ring (bicyclic) bond motifs is 2. The van der Waals surface area contributed by atoms with E-state index in [0.717, 1.165) is 35.1 Å². The number of amides is 1. The lowest BCUT2D eigenvalue weighted by Crippen LogP contribution is -2.42. The van der Waals surface area contributed by atoms with Crippen molar-refractivity contribution in [3.8, 4) is 0 Å². The Morgan fingerprint density at radius 3 is 3.04 bits per heavy atom. The number of halogens is 1. The molecule has 0 aliphatic carbocycles. The van der Waals surface area contributed by atoms with Crippen molar-refractivity contribution < 1.29 is 9.18 Å². The number of rotatable bonds is 1. The van der Waals surface area contributed by atoms with E-state index in [1.165, 1.54) is 12.1 Å². The SMILES string of the molecule is CC1CCc2cc(F)ccc2N1C(=O)c1ccc2nc[nH]c2c1. The number of aryl methyl sites for hydroxylation is 1. The molecule has 0 radical (unpaired) electrons. The van der Waals surface area contributed by atoms with Gasteiger partial charge in [-0.05, 0) is 61.7 Å². The van der Waals surface area contributed by atoms with Gasteiger partial charge in [0.15, 0.2) is 0 Å². The van der Waals surface area contributed by atoms with Crippen LogP contribution in [0.15, 0.2) is 42.7 Å². The number of anilines is 1. The average Bonchev–Trinajstić information content (AvgIpc) is 3.02. The monoisotopic (exact) mass is 309 g/mol. The molecule has 1 unspecified atom stereocenters. The number of benzene rings is 2. The number of hydrogen-bond donors (Lipinski definition) is 1. The number of nitrogens with one attached hydrogen (secondary N) is 1. The Hall–Kier alpha value is -2.69. The summed E-state index contributed by atoms with van der Waals surface area (Å²) in [5, 5.41) is 0. The molecule has 2 heterocycles. The minimum Gasteiger partial charge on any atom is -0.345 e. The van der Waals surface area contributed by atoms with E-state index in [-0.39, 0.29) is 17.8 Å². The van der Waals surface area contributed by atoms with Crippen LogP contribution in [0, 0.1) is 5.82 Å². The van der Waals surface area contributed by atoms with Crippen molar-refractivity contribution in [1.29, 1.82) is 0 Å². The predicted molar refractivity (Wildman–Crippen MR) is 87.1 cm³/mol. The molecule has 1 atom stereocenters. The first-order valence-corrected chi connectivity index (χ1v) is 7.68. The quantitative estimate of drug-likeness (QED) is 0.745. The van der Waals surface area contributed by atoms with Gasteiger partial charge in [0.05, 0.1) is 17.4 Å². The number of carbonyl (C=O) groups excluding carboxylic acids is 1. The summed E-state index contributed by atoms with van der Waals surface area (Å²) < 4.78 is 13.5. The van der Waals surface area contributed by atoms with E-state index in [0.29, 0.717) is 5.56 Å². The lowest BCUT2D eigenvalue weighted by atomic mass is 9.95. The summed E-state index contributed by atoms with van der Waals surface area (Å²) in [5.74, 6) is -0.328. The molecule has 1 N–H and O–H groups in total. The van der Waals surface area contributed by atoms with Crippen LogP contribution in [-0.2, 0) is 6.42 Å². The van der Waals surface area contributed by atoms with Crippen LogP contribution >= 0.6 is 0 Å². The number of hydrogen-bond acceptors (Lipinski definition) is 2. The Labute approximate surface area is 133 Å². The maximum Gasteiger partial charge on any atom is 0.258 e. The van der Waals surface area contributed by atoms with Gasteiger partial charge in [-0.25, -0.2) is 9.37 Å². The van der Waals surface area contributed by atoms with Crippen molar-refractivity contribution in [1.82, 2.24) is 9.97 Å². The van der Waals surface area contributed by atoms with E-state index in [2.05, 4.69) is 9.97 Å². The van der Waals surface area contributed by atoms with E-state index < -0.39 is 0 Å². The van der Waals surface area contributed by atoms with Gasteiger partial charge in [-0.3, -0.25) is 4.79 Å². The van der Waals surface area contributed by atoms with E-state index in [9.17, 15) is 9.18 Å². The Morgan fingerprint density at radius 2 is 2.17 bits per heavy atom. The van der Waals surface area contributed by atoms with Gasteiger partial charge >= 0.3 is 0 Å². The highest BCUT2D eigenvalue weighted by Gasteiger charge is 2.29. The third-order valence-corrected chi connectivity index (χ3v) is 4.46. The molecule has 1 aromatic heterocycles. The third kappa shape index (κ3) is 2.29. The fourth-order valence-electron chi connectivity index (χ4n) is 3.24. The fraction of sp³-hybridized carbons (Fsp3) is 0.222. The van der Waals surface area contributed by atoms with Gasteiger partial charge in [0, 0.05) is 17.3 Å². The van der Waals surface area contributed by atoms with Gasteiger partial charge < -0.3 is 9.88 Å². The lowest BCUT2D eigenvalue weighted by molar-refractivity contribution is 0.0975. The van der Waals surface area contributed by atoms with Crippen LogP contribution in [0.2, 0.25) is 0 Å². The molecule has 2 aromatic carbocycles. The zero-order valence-corrected chi connectivity index (χ0v) is 12.7. The number of imidazole rings is 1. The molecular weight excluding hydrogens is 293 g/mol. The zero-order valence-electron chi connectivity index (χ0n) is 12.7. The molecule has 4 rings (SSSR count). The molecule has 1 aliphatic rings. The Balaban J connectivity index is 1.78. The molecule has 23 heavy (non-hydrogen) atoms. The lowest BCUT2D eigenvalue weighted by Gasteiger charge is -2.35. The standard InChI is InChI=1S/C18H16FN3O/c1-11-2-3-12-8-14(19)5-7-17(12)22(11)18(23)13-4-6-15-16(9-13)21-10-20-15/h4-11H,2-3H2,1H3,(H,20,21). The fourth-order valence-corrected chi connectivity index (χ4v) is 3.24. The van der Waals surface area contributed by atoms with Crippen LogP contribution in [0.3, 0.4) is 0 Å². The Kier molecular flexibility index (Phi) is 3.15. The van der Waals surface area contributed by atoms with Gasteiger partial charge in [0.2, 0.25) is 0 Å². The molecule has 116 valence electrons. The van der Waals surface area contributed by atoms with Gasteiger partial charge in [-0.2, -0.15) is 0 Å². The largest absolute Gasteiger partial charge is 0.345 e. The minimum atomic E-state index is -0.260. The van der Waals surface area contributed by atoms with E-state index >= 15 is 0 Å². The normalized spacial score (nSPS) is 17.3. The van der Waals surface area contributed by atoms with E-state index in [1.807, 2.05) is 19.1 Å².